The molecule has 0 saturated carbocycles. The van der Waals surface area contributed by atoms with Crippen molar-refractivity contribution in [2.24, 2.45) is 0 Å². The van der Waals surface area contributed by atoms with E-state index in [-0.39, 0.29) is 5.92 Å². The molecule has 0 aliphatic rings. The molecule has 0 fully saturated rings. The van der Waals surface area contributed by atoms with Crippen LogP contribution in [0.2, 0.25) is 0 Å². The van der Waals surface area contributed by atoms with Gasteiger partial charge >= 0.3 is 0 Å². The van der Waals surface area contributed by atoms with Crippen LogP contribution in [0.15, 0.2) is 60.8 Å². The summed E-state index contributed by atoms with van der Waals surface area (Å²) in [7, 11) is 1.66. The highest BCUT2D eigenvalue weighted by Gasteiger charge is 2.20. The highest BCUT2D eigenvalue weighted by Crippen LogP contribution is 2.35. The fourth-order valence-electron chi connectivity index (χ4n) is 3.45. The fraction of sp³-hybridized carbons (Fsp3) is 0.292. The standard InChI is InChI=1S/C24H29N3O2S/c1-5-29-22-11-10-17(12-23(22)28-4)19(14-27-24(30)26-13-16(2)3)20-15-25-21-9-7-6-8-18(20)21/h6-12,15,19,25H,2,5,13-14H2,1,3-4H3,(H2,26,27,30)/t19-/m1/s1. The maximum atomic E-state index is 5.69. The van der Waals surface area contributed by atoms with Crippen molar-refractivity contribution in [3.05, 3.63) is 71.9 Å². The van der Waals surface area contributed by atoms with E-state index in [4.69, 9.17) is 21.7 Å². The lowest BCUT2D eigenvalue weighted by Crippen LogP contribution is -2.38. The molecule has 3 aromatic rings. The number of aromatic amines is 1. The minimum atomic E-state index is 0.0651. The molecule has 30 heavy (non-hydrogen) atoms. The van der Waals surface area contributed by atoms with Crippen LogP contribution in [-0.4, -0.2) is 36.9 Å². The zero-order valence-corrected chi connectivity index (χ0v) is 18.6. The van der Waals surface area contributed by atoms with Crippen molar-refractivity contribution in [3.63, 3.8) is 0 Å². The number of fused-ring (bicyclic) bond motifs is 1. The van der Waals surface area contributed by atoms with Crippen LogP contribution < -0.4 is 20.1 Å². The third kappa shape index (κ3) is 5.13. The van der Waals surface area contributed by atoms with E-state index in [9.17, 15) is 0 Å². The van der Waals surface area contributed by atoms with E-state index >= 15 is 0 Å². The Morgan fingerprint density at radius 2 is 1.97 bits per heavy atom. The second-order valence-electron chi connectivity index (χ2n) is 7.21. The first kappa shape index (κ1) is 21.7. The van der Waals surface area contributed by atoms with Crippen LogP contribution in [0, 0.1) is 0 Å². The molecule has 2 aromatic carbocycles. The first-order valence-corrected chi connectivity index (χ1v) is 10.5. The number of thiocarbonyl (C=S) groups is 1. The van der Waals surface area contributed by atoms with Crippen LogP contribution in [0.25, 0.3) is 10.9 Å². The Bertz CT molecular complexity index is 1030. The average molecular weight is 424 g/mol. The van der Waals surface area contributed by atoms with Gasteiger partial charge in [0, 0.05) is 36.1 Å². The van der Waals surface area contributed by atoms with Gasteiger partial charge in [0.1, 0.15) is 0 Å². The molecule has 6 heteroatoms. The Morgan fingerprint density at radius 3 is 2.70 bits per heavy atom. The number of hydrogen-bond donors (Lipinski definition) is 3. The van der Waals surface area contributed by atoms with Gasteiger partial charge < -0.3 is 25.1 Å². The maximum Gasteiger partial charge on any atom is 0.166 e. The van der Waals surface area contributed by atoms with E-state index in [1.807, 2.05) is 32.0 Å². The summed E-state index contributed by atoms with van der Waals surface area (Å²) in [5, 5.41) is 8.35. The zero-order valence-electron chi connectivity index (χ0n) is 17.7. The van der Waals surface area contributed by atoms with Gasteiger partial charge in [-0.15, -0.1) is 0 Å². The van der Waals surface area contributed by atoms with Gasteiger partial charge in [0.15, 0.2) is 16.6 Å². The Kier molecular flexibility index (Phi) is 7.36. The van der Waals surface area contributed by atoms with Crippen LogP contribution in [0.4, 0.5) is 0 Å². The molecule has 1 atom stereocenters. The van der Waals surface area contributed by atoms with Crippen molar-refractivity contribution in [1.82, 2.24) is 15.6 Å². The lowest BCUT2D eigenvalue weighted by atomic mass is 9.90. The van der Waals surface area contributed by atoms with E-state index in [1.165, 1.54) is 10.9 Å². The number of benzene rings is 2. The topological polar surface area (TPSA) is 58.3 Å². The number of rotatable bonds is 9. The molecule has 3 N–H and O–H groups in total. The maximum absolute atomic E-state index is 5.69. The zero-order chi connectivity index (χ0) is 21.5. The number of nitrogens with one attached hydrogen (secondary N) is 3. The summed E-state index contributed by atoms with van der Waals surface area (Å²) < 4.78 is 11.3. The van der Waals surface area contributed by atoms with Crippen LogP contribution in [0.1, 0.15) is 30.9 Å². The van der Waals surface area contributed by atoms with E-state index in [0.29, 0.717) is 24.8 Å². The molecule has 3 rings (SSSR count). The van der Waals surface area contributed by atoms with E-state index < -0.39 is 0 Å². The molecule has 158 valence electrons. The normalized spacial score (nSPS) is 11.7. The molecule has 0 amide bonds. The lowest BCUT2D eigenvalue weighted by molar-refractivity contribution is 0.310. The van der Waals surface area contributed by atoms with Gasteiger partial charge in [0.05, 0.1) is 13.7 Å². The summed E-state index contributed by atoms with van der Waals surface area (Å²) in [5.74, 6) is 1.53. The SMILES string of the molecule is C=C(C)CNC(=S)NC[C@H](c1ccc(OCC)c(OC)c1)c1c[nH]c2ccccc12. The molecule has 0 aliphatic heterocycles. The predicted molar refractivity (Wildman–Crippen MR) is 128 cm³/mol. The molecule has 1 heterocycles. The Morgan fingerprint density at radius 1 is 1.17 bits per heavy atom. The van der Waals surface area contributed by atoms with Gasteiger partial charge in [-0.25, -0.2) is 0 Å². The van der Waals surface area contributed by atoms with E-state index in [2.05, 4.69) is 52.7 Å². The molecule has 0 saturated heterocycles. The van der Waals surface area contributed by atoms with Gasteiger partial charge in [0.2, 0.25) is 0 Å². The highest BCUT2D eigenvalue weighted by molar-refractivity contribution is 7.80. The van der Waals surface area contributed by atoms with Crippen molar-refractivity contribution in [2.75, 3.05) is 26.8 Å². The number of H-pyrrole nitrogens is 1. The summed E-state index contributed by atoms with van der Waals surface area (Å²) in [5.41, 5.74) is 4.46. The van der Waals surface area contributed by atoms with Gasteiger partial charge in [-0.1, -0.05) is 36.4 Å². The number of para-hydroxylation sites is 1. The highest BCUT2D eigenvalue weighted by atomic mass is 32.1. The smallest absolute Gasteiger partial charge is 0.166 e. The van der Waals surface area contributed by atoms with Crippen LogP contribution >= 0.6 is 12.2 Å². The summed E-state index contributed by atoms with van der Waals surface area (Å²) in [6.45, 7) is 9.72. The Hall–Kier alpha value is -2.99. The van der Waals surface area contributed by atoms with Gasteiger partial charge in [-0.3, -0.25) is 0 Å². The number of methoxy groups -OCH3 is 1. The third-order valence-electron chi connectivity index (χ3n) is 4.90. The summed E-state index contributed by atoms with van der Waals surface area (Å²) in [6, 6.07) is 14.4. The van der Waals surface area contributed by atoms with Crippen molar-refractivity contribution in [1.29, 1.82) is 0 Å². The van der Waals surface area contributed by atoms with Gasteiger partial charge in [0.25, 0.3) is 0 Å². The Balaban J connectivity index is 1.93. The summed E-state index contributed by atoms with van der Waals surface area (Å²) >= 11 is 5.45. The summed E-state index contributed by atoms with van der Waals surface area (Å²) in [6.07, 6.45) is 2.07. The molecular weight excluding hydrogens is 394 g/mol. The molecular formula is C24H29N3O2S. The second-order valence-corrected chi connectivity index (χ2v) is 7.61. The van der Waals surface area contributed by atoms with Crippen LogP contribution in [-0.2, 0) is 0 Å². The van der Waals surface area contributed by atoms with Crippen molar-refractivity contribution >= 4 is 28.2 Å². The number of hydrogen-bond acceptors (Lipinski definition) is 3. The summed E-state index contributed by atoms with van der Waals surface area (Å²) in [4.78, 5) is 3.38. The predicted octanol–water partition coefficient (Wildman–Crippen LogP) is 4.75. The van der Waals surface area contributed by atoms with Gasteiger partial charge in [-0.05, 0) is 55.4 Å². The fourth-order valence-corrected chi connectivity index (χ4v) is 3.61. The van der Waals surface area contributed by atoms with Gasteiger partial charge in [-0.2, -0.15) is 0 Å². The quantitative estimate of drug-likeness (QED) is 0.343. The third-order valence-corrected chi connectivity index (χ3v) is 5.19. The first-order chi connectivity index (χ1) is 14.5. The lowest BCUT2D eigenvalue weighted by Gasteiger charge is -2.21. The Labute approximate surface area is 183 Å². The average Bonchev–Trinajstić information content (AvgIpc) is 3.17. The number of ether oxygens (including phenoxy) is 2. The largest absolute Gasteiger partial charge is 0.493 e. The van der Waals surface area contributed by atoms with E-state index in [0.717, 1.165) is 28.2 Å². The van der Waals surface area contributed by atoms with Crippen LogP contribution in [0.5, 0.6) is 11.5 Å². The monoisotopic (exact) mass is 423 g/mol. The first-order valence-electron chi connectivity index (χ1n) is 10.1. The molecule has 1 aromatic heterocycles. The molecule has 0 unspecified atom stereocenters. The molecule has 5 nitrogen and oxygen atoms in total. The molecule has 0 bridgehead atoms. The number of aromatic nitrogens is 1. The molecule has 0 aliphatic carbocycles. The van der Waals surface area contributed by atoms with Crippen molar-refractivity contribution in [2.45, 2.75) is 19.8 Å². The van der Waals surface area contributed by atoms with Crippen LogP contribution in [0.3, 0.4) is 0 Å². The molecule has 0 spiro atoms. The minimum absolute atomic E-state index is 0.0651. The van der Waals surface area contributed by atoms with Crippen molar-refractivity contribution < 1.29 is 9.47 Å². The molecule has 0 radical (unpaired) electrons. The van der Waals surface area contributed by atoms with E-state index in [1.54, 1.807) is 7.11 Å². The second kappa shape index (κ2) is 10.2. The minimum Gasteiger partial charge on any atom is -0.493 e. The van der Waals surface area contributed by atoms with Crippen molar-refractivity contribution in [3.8, 4) is 11.5 Å².